The molecule has 172 valence electrons. The smallest absolute Gasteiger partial charge is 0.282 e. The van der Waals surface area contributed by atoms with Crippen LogP contribution in [0.3, 0.4) is 0 Å². The number of nitrogens with two attached hydrogens (primary N) is 1. The molecule has 32 heavy (non-hydrogen) atoms. The lowest BCUT2D eigenvalue weighted by Gasteiger charge is -2.48. The zero-order chi connectivity index (χ0) is 23.4. The van der Waals surface area contributed by atoms with Crippen molar-refractivity contribution in [1.82, 2.24) is 25.1 Å². The predicted molar refractivity (Wildman–Crippen MR) is 121 cm³/mol. The van der Waals surface area contributed by atoms with Crippen molar-refractivity contribution >= 4 is 28.5 Å². The molecule has 0 spiro atoms. The minimum atomic E-state index is -2.82. The van der Waals surface area contributed by atoms with Gasteiger partial charge in [0.15, 0.2) is 5.65 Å². The van der Waals surface area contributed by atoms with E-state index in [1.54, 1.807) is 7.11 Å². The second-order valence-electron chi connectivity index (χ2n) is 8.66. The summed E-state index contributed by atoms with van der Waals surface area (Å²) in [6, 6.07) is 1.33. The van der Waals surface area contributed by atoms with Crippen molar-refractivity contribution in [3.63, 3.8) is 0 Å². The van der Waals surface area contributed by atoms with Crippen LogP contribution in [0.15, 0.2) is 12.4 Å². The van der Waals surface area contributed by atoms with Crippen molar-refractivity contribution < 1.29 is 13.5 Å². The molecule has 0 radical (unpaired) electrons. The molecule has 1 aliphatic rings. The summed E-state index contributed by atoms with van der Waals surface area (Å²) in [5, 5.41) is 8.22. The van der Waals surface area contributed by atoms with Gasteiger partial charge in [0.1, 0.15) is 23.6 Å². The molecule has 1 aliphatic heterocycles. The fraction of sp³-hybridized carbons (Fsp3) is 0.500. The second-order valence-corrected chi connectivity index (χ2v) is 9.07. The molecular weight excluding hydrogens is 438 g/mol. The molecule has 0 aliphatic carbocycles. The maximum absolute atomic E-state index is 13.7. The van der Waals surface area contributed by atoms with E-state index in [2.05, 4.69) is 34.2 Å². The number of benzene rings is 1. The number of aromatic nitrogens is 4. The third kappa shape index (κ3) is 3.21. The van der Waals surface area contributed by atoms with Crippen LogP contribution in [0.4, 0.5) is 14.6 Å². The summed E-state index contributed by atoms with van der Waals surface area (Å²) in [6.45, 7) is 9.82. The molecule has 4 rings (SSSR count). The molecule has 1 fully saturated rings. The van der Waals surface area contributed by atoms with Gasteiger partial charge in [0.05, 0.1) is 18.5 Å². The topological polar surface area (TPSA) is 90.9 Å². The fourth-order valence-corrected chi connectivity index (χ4v) is 4.93. The Morgan fingerprint density at radius 3 is 2.47 bits per heavy atom. The van der Waals surface area contributed by atoms with Crippen LogP contribution in [0.25, 0.3) is 11.0 Å². The van der Waals surface area contributed by atoms with E-state index >= 15 is 0 Å². The third-order valence-corrected chi connectivity index (χ3v) is 7.15. The summed E-state index contributed by atoms with van der Waals surface area (Å²) in [5.74, 6) is 0.998. The molecule has 0 saturated carbocycles. The van der Waals surface area contributed by atoms with Crippen molar-refractivity contribution in [3.05, 3.63) is 39.8 Å². The first-order chi connectivity index (χ1) is 15.1. The van der Waals surface area contributed by atoms with Crippen molar-refractivity contribution in [3.8, 4) is 5.75 Å². The average molecular weight is 465 g/mol. The molecular formula is C22H27ClF2N6O. The van der Waals surface area contributed by atoms with Crippen LogP contribution < -0.4 is 15.8 Å². The van der Waals surface area contributed by atoms with Gasteiger partial charge < -0.3 is 15.8 Å². The maximum atomic E-state index is 13.7. The highest BCUT2D eigenvalue weighted by Crippen LogP contribution is 2.48. The van der Waals surface area contributed by atoms with Gasteiger partial charge in [0.2, 0.25) is 0 Å². The number of halogens is 3. The highest BCUT2D eigenvalue weighted by atomic mass is 35.5. The maximum Gasteiger partial charge on any atom is 0.282 e. The van der Waals surface area contributed by atoms with E-state index < -0.39 is 18.2 Å². The van der Waals surface area contributed by atoms with Gasteiger partial charge in [0.25, 0.3) is 6.43 Å². The summed E-state index contributed by atoms with van der Waals surface area (Å²) >= 11 is 6.70. The van der Waals surface area contributed by atoms with Crippen molar-refractivity contribution in [2.45, 2.75) is 45.6 Å². The normalized spacial score (nSPS) is 16.6. The van der Waals surface area contributed by atoms with E-state index in [1.165, 1.54) is 11.0 Å². The standard InChI is InChI=1S/C22H27ClF2N6O/c1-10(2)22(7-27-8-22)16-11(3)14(23)6-13(18(16)32-5)12(4)31-21-15(17(30-31)19(24)25)20(26)28-9-29-21/h6,9-10,12,19,27H,7-8H2,1-5H3,(H2,26,28,29). The summed E-state index contributed by atoms with van der Waals surface area (Å²) in [4.78, 5) is 8.07. The molecule has 7 nitrogen and oxygen atoms in total. The Morgan fingerprint density at radius 1 is 1.25 bits per heavy atom. The third-order valence-electron chi connectivity index (χ3n) is 6.76. The first-order valence-corrected chi connectivity index (χ1v) is 10.9. The van der Waals surface area contributed by atoms with E-state index in [-0.39, 0.29) is 22.3 Å². The molecule has 2 aromatic heterocycles. The van der Waals surface area contributed by atoms with Gasteiger partial charge in [-0.05, 0) is 31.4 Å². The number of alkyl halides is 2. The Balaban J connectivity index is 1.97. The van der Waals surface area contributed by atoms with Crippen LogP contribution in [0.1, 0.15) is 55.6 Å². The van der Waals surface area contributed by atoms with Gasteiger partial charge in [-0.15, -0.1) is 0 Å². The van der Waals surface area contributed by atoms with E-state index in [1.807, 2.05) is 19.9 Å². The number of hydrogen-bond donors (Lipinski definition) is 2. The Labute approximate surface area is 190 Å². The van der Waals surface area contributed by atoms with Crippen molar-refractivity contribution in [2.75, 3.05) is 25.9 Å². The lowest BCUT2D eigenvalue weighted by molar-refractivity contribution is 0.146. The molecule has 1 atom stereocenters. The zero-order valence-corrected chi connectivity index (χ0v) is 19.5. The van der Waals surface area contributed by atoms with Gasteiger partial charge in [-0.3, -0.25) is 0 Å². The van der Waals surface area contributed by atoms with Gasteiger partial charge in [-0.1, -0.05) is 25.4 Å². The minimum Gasteiger partial charge on any atom is -0.496 e. The van der Waals surface area contributed by atoms with Gasteiger partial charge in [-0.25, -0.2) is 23.4 Å². The van der Waals surface area contributed by atoms with E-state index in [0.717, 1.165) is 29.8 Å². The van der Waals surface area contributed by atoms with E-state index in [4.69, 9.17) is 22.1 Å². The highest BCUT2D eigenvalue weighted by Gasteiger charge is 2.45. The summed E-state index contributed by atoms with van der Waals surface area (Å²) < 4.78 is 34.9. The quantitative estimate of drug-likeness (QED) is 0.561. The van der Waals surface area contributed by atoms with Crippen LogP contribution in [0.2, 0.25) is 5.02 Å². The number of nitrogen functional groups attached to an aromatic ring is 1. The van der Waals surface area contributed by atoms with Crippen molar-refractivity contribution in [2.24, 2.45) is 5.92 Å². The molecule has 1 saturated heterocycles. The minimum absolute atomic E-state index is 0.0300. The zero-order valence-electron chi connectivity index (χ0n) is 18.7. The lowest BCUT2D eigenvalue weighted by atomic mass is 9.65. The number of fused-ring (bicyclic) bond motifs is 1. The summed E-state index contributed by atoms with van der Waals surface area (Å²) in [7, 11) is 1.62. The lowest BCUT2D eigenvalue weighted by Crippen LogP contribution is -2.60. The van der Waals surface area contributed by atoms with Crippen LogP contribution in [-0.2, 0) is 5.41 Å². The molecule has 3 aromatic rings. The molecule has 0 amide bonds. The van der Waals surface area contributed by atoms with Gasteiger partial charge in [0, 0.05) is 34.7 Å². The Morgan fingerprint density at radius 2 is 1.94 bits per heavy atom. The first-order valence-electron chi connectivity index (χ1n) is 10.5. The average Bonchev–Trinajstić information content (AvgIpc) is 3.10. The van der Waals surface area contributed by atoms with Gasteiger partial charge in [-0.2, -0.15) is 5.10 Å². The number of rotatable bonds is 6. The number of methoxy groups -OCH3 is 1. The number of nitrogens with zero attached hydrogens (tertiary/aromatic N) is 4. The SMILES string of the molecule is COc1c(C(C)n2nc(C(F)F)c3c(N)ncnc32)cc(Cl)c(C)c1C1(C(C)C)CNC1. The molecule has 3 N–H and O–H groups in total. The van der Waals surface area contributed by atoms with Crippen LogP contribution >= 0.6 is 11.6 Å². The van der Waals surface area contributed by atoms with E-state index in [0.29, 0.717) is 16.7 Å². The monoisotopic (exact) mass is 464 g/mol. The van der Waals surface area contributed by atoms with Crippen molar-refractivity contribution in [1.29, 1.82) is 0 Å². The van der Waals surface area contributed by atoms with Gasteiger partial charge >= 0.3 is 0 Å². The molecule has 1 unspecified atom stereocenters. The molecule has 1 aromatic carbocycles. The van der Waals surface area contributed by atoms with E-state index in [9.17, 15) is 8.78 Å². The van der Waals surface area contributed by atoms with Crippen LogP contribution in [0, 0.1) is 12.8 Å². The van der Waals surface area contributed by atoms with Crippen LogP contribution in [-0.4, -0.2) is 39.9 Å². The Kier molecular flexibility index (Phi) is 5.75. The largest absolute Gasteiger partial charge is 0.496 e. The summed E-state index contributed by atoms with van der Waals surface area (Å²) in [5.41, 5.74) is 8.30. The number of nitrogens with one attached hydrogen (secondary N) is 1. The van der Waals surface area contributed by atoms with Crippen LogP contribution in [0.5, 0.6) is 5.75 Å². The Bertz CT molecular complexity index is 1180. The molecule has 3 heterocycles. The molecule has 10 heteroatoms. The Hall–Kier alpha value is -2.52. The summed E-state index contributed by atoms with van der Waals surface area (Å²) in [6.07, 6.45) is -1.57. The molecule has 0 bridgehead atoms. The number of anilines is 1. The fourth-order valence-electron chi connectivity index (χ4n) is 4.72. The second kappa shape index (κ2) is 8.12. The first kappa shape index (κ1) is 22.7. The predicted octanol–water partition coefficient (Wildman–Crippen LogP) is 4.42. The number of hydrogen-bond acceptors (Lipinski definition) is 6. The highest BCUT2D eigenvalue weighted by molar-refractivity contribution is 6.31. The number of ether oxygens (including phenoxy) is 1.